The van der Waals surface area contributed by atoms with Gasteiger partial charge in [0.25, 0.3) is 5.91 Å². The maximum Gasteiger partial charge on any atom is 0.326 e. The fourth-order valence-corrected chi connectivity index (χ4v) is 5.12. The number of carboxylic acids is 1. The third-order valence-electron chi connectivity index (χ3n) is 7.97. The molecule has 0 aliphatic rings. The van der Waals surface area contributed by atoms with Gasteiger partial charge in [0, 0.05) is 43.6 Å². The summed E-state index contributed by atoms with van der Waals surface area (Å²) in [5, 5.41) is 26.1. The molecule has 13 nitrogen and oxygen atoms in total. The van der Waals surface area contributed by atoms with Gasteiger partial charge in [-0.3, -0.25) is 19.2 Å². The molecule has 0 aliphatic heterocycles. The molecule has 0 saturated heterocycles. The van der Waals surface area contributed by atoms with Crippen molar-refractivity contribution in [1.82, 2.24) is 31.9 Å². The second-order valence-electron chi connectivity index (χ2n) is 13.2. The minimum atomic E-state index is -1.20. The van der Waals surface area contributed by atoms with Crippen LogP contribution in [0.4, 0.5) is 4.79 Å². The number of amides is 5. The molecule has 0 bridgehead atoms. The number of carbonyl (C=O) groups is 6. The zero-order chi connectivity index (χ0) is 39.3. The molecule has 0 spiro atoms. The van der Waals surface area contributed by atoms with Crippen molar-refractivity contribution in [2.75, 3.05) is 31.6 Å². The first-order valence-corrected chi connectivity index (χ1v) is 20.1. The number of aliphatic carboxylic acids is 1. The van der Waals surface area contributed by atoms with E-state index in [1.54, 1.807) is 12.1 Å². The molecule has 1 aromatic carbocycles. The third kappa shape index (κ3) is 23.8. The monoisotopic (exact) mass is 750 g/mol. The zero-order valence-corrected chi connectivity index (χ0v) is 33.3. The van der Waals surface area contributed by atoms with E-state index in [4.69, 9.17) is 0 Å². The van der Waals surface area contributed by atoms with E-state index in [2.05, 4.69) is 45.7 Å². The van der Waals surface area contributed by atoms with Crippen LogP contribution >= 0.6 is 11.8 Å². The van der Waals surface area contributed by atoms with Crippen LogP contribution in [0.15, 0.2) is 24.3 Å². The van der Waals surface area contributed by atoms with Crippen LogP contribution in [0, 0.1) is 5.92 Å². The van der Waals surface area contributed by atoms with Gasteiger partial charge in [-0.2, -0.15) is 11.8 Å². The molecule has 14 heteroatoms. The SMILES string of the molecule is CCC.CCC(C)C(=O)CCCCCNC(=O)NCCCCC(NC(=O)CNC(=O)C(CCSC)NC(=O)c1ccc(CNC(C)C)cc1)C(=O)O. The first-order valence-electron chi connectivity index (χ1n) is 18.8. The number of carbonyl (C=O) groups excluding carboxylic acids is 5. The predicted octanol–water partition coefficient (Wildman–Crippen LogP) is 4.78. The van der Waals surface area contributed by atoms with Crippen LogP contribution in [0.2, 0.25) is 0 Å². The lowest BCUT2D eigenvalue weighted by Crippen LogP contribution is -2.51. The highest BCUT2D eigenvalue weighted by Crippen LogP contribution is 2.10. The highest BCUT2D eigenvalue weighted by Gasteiger charge is 2.24. The van der Waals surface area contributed by atoms with E-state index >= 15 is 0 Å². The summed E-state index contributed by atoms with van der Waals surface area (Å²) in [5.41, 5.74) is 1.43. The van der Waals surface area contributed by atoms with Gasteiger partial charge in [0.2, 0.25) is 11.8 Å². The molecule has 52 heavy (non-hydrogen) atoms. The van der Waals surface area contributed by atoms with Crippen molar-refractivity contribution in [2.45, 2.75) is 130 Å². The first kappa shape index (κ1) is 48.3. The molecule has 0 fully saturated rings. The van der Waals surface area contributed by atoms with Crippen LogP contribution < -0.4 is 31.9 Å². The summed E-state index contributed by atoms with van der Waals surface area (Å²) in [6, 6.07) is 5.09. The zero-order valence-electron chi connectivity index (χ0n) is 32.5. The summed E-state index contributed by atoms with van der Waals surface area (Å²) in [6.45, 7) is 13.4. The molecule has 3 unspecified atom stereocenters. The van der Waals surface area contributed by atoms with Crippen molar-refractivity contribution in [2.24, 2.45) is 5.92 Å². The molecule has 0 aromatic heterocycles. The van der Waals surface area contributed by atoms with E-state index in [1.165, 1.54) is 18.2 Å². The Kier molecular flexibility index (Phi) is 27.8. The van der Waals surface area contributed by atoms with Crippen LogP contribution in [-0.2, 0) is 25.7 Å². The van der Waals surface area contributed by atoms with Crippen LogP contribution in [0.1, 0.15) is 122 Å². The van der Waals surface area contributed by atoms with Crippen LogP contribution in [0.25, 0.3) is 0 Å². The summed E-state index contributed by atoms with van der Waals surface area (Å²) >= 11 is 1.52. The number of Topliss-reactive ketones (excluding diaryl/α,β-unsaturated/α-hetero) is 1. The van der Waals surface area contributed by atoms with Crippen LogP contribution in [0.5, 0.6) is 0 Å². The van der Waals surface area contributed by atoms with Crippen molar-refractivity contribution in [1.29, 1.82) is 0 Å². The Labute approximate surface area is 315 Å². The lowest BCUT2D eigenvalue weighted by atomic mass is 9.99. The van der Waals surface area contributed by atoms with Crippen molar-refractivity contribution in [3.05, 3.63) is 35.4 Å². The van der Waals surface area contributed by atoms with E-state index in [9.17, 15) is 33.9 Å². The Balaban J connectivity index is 0.00000835. The molecule has 1 aromatic rings. The maximum atomic E-state index is 12.9. The molecule has 0 saturated carbocycles. The predicted molar refractivity (Wildman–Crippen MR) is 209 cm³/mol. The van der Waals surface area contributed by atoms with Crippen LogP contribution in [-0.4, -0.2) is 90.4 Å². The summed E-state index contributed by atoms with van der Waals surface area (Å²) in [6.07, 6.45) is 8.44. The second kappa shape index (κ2) is 29.9. The summed E-state index contributed by atoms with van der Waals surface area (Å²) < 4.78 is 0. The number of benzene rings is 1. The summed E-state index contributed by atoms with van der Waals surface area (Å²) in [5.74, 6) is -1.83. The van der Waals surface area contributed by atoms with Gasteiger partial charge in [0.1, 0.15) is 17.9 Å². The Morgan fingerprint density at radius 3 is 1.94 bits per heavy atom. The molecule has 0 radical (unpaired) electrons. The number of urea groups is 1. The van der Waals surface area contributed by atoms with Crippen molar-refractivity contribution >= 4 is 47.3 Å². The Bertz CT molecular complexity index is 1200. The smallest absolute Gasteiger partial charge is 0.326 e. The number of hydrogen-bond acceptors (Lipinski definition) is 8. The van der Waals surface area contributed by atoms with Crippen molar-refractivity contribution in [3.63, 3.8) is 0 Å². The summed E-state index contributed by atoms with van der Waals surface area (Å²) in [7, 11) is 0. The fraction of sp³-hybridized carbons (Fsp3) is 0.684. The van der Waals surface area contributed by atoms with E-state index in [1.807, 2.05) is 46.1 Å². The van der Waals surface area contributed by atoms with Gasteiger partial charge >= 0.3 is 12.0 Å². The molecule has 3 atom stereocenters. The number of unbranched alkanes of at least 4 members (excludes halogenated alkanes) is 3. The van der Waals surface area contributed by atoms with Gasteiger partial charge in [-0.1, -0.05) is 66.5 Å². The average molecular weight is 751 g/mol. The lowest BCUT2D eigenvalue weighted by Gasteiger charge is -2.19. The Morgan fingerprint density at radius 1 is 0.769 bits per heavy atom. The molecule has 296 valence electrons. The van der Waals surface area contributed by atoms with E-state index in [0.717, 1.165) is 31.2 Å². The van der Waals surface area contributed by atoms with Gasteiger partial charge in [0.05, 0.1) is 6.54 Å². The van der Waals surface area contributed by atoms with E-state index in [-0.39, 0.29) is 24.2 Å². The minimum Gasteiger partial charge on any atom is -0.480 e. The van der Waals surface area contributed by atoms with Gasteiger partial charge in [0.15, 0.2) is 0 Å². The van der Waals surface area contributed by atoms with E-state index < -0.39 is 42.3 Å². The molecule has 5 amide bonds. The van der Waals surface area contributed by atoms with Gasteiger partial charge < -0.3 is 37.0 Å². The number of ketones is 1. The summed E-state index contributed by atoms with van der Waals surface area (Å²) in [4.78, 5) is 73.9. The van der Waals surface area contributed by atoms with Gasteiger partial charge in [-0.05, 0) is 74.7 Å². The lowest BCUT2D eigenvalue weighted by molar-refractivity contribution is -0.142. The van der Waals surface area contributed by atoms with Crippen molar-refractivity contribution < 1.29 is 33.9 Å². The standard InChI is InChI=1S/C35H58N6O7S.C3H8/c1-6-25(4)30(42)13-8-7-10-19-36-35(48)37-20-11-9-12-29(34(46)47)40-31(43)23-39-33(45)28(18-21-49-5)41-32(44)27-16-14-26(15-17-27)22-38-24(2)3;1-3-2/h14-17,24-25,28-29,38H,6-13,18-23H2,1-5H3,(H,39,45)(H,40,43)(H,41,44)(H,46,47)(H2,36,37,48);3H2,1-2H3. The molecule has 0 heterocycles. The van der Waals surface area contributed by atoms with E-state index in [0.29, 0.717) is 62.7 Å². The normalized spacial score (nSPS) is 12.4. The van der Waals surface area contributed by atoms with Gasteiger partial charge in [-0.15, -0.1) is 0 Å². The first-order chi connectivity index (χ1) is 24.8. The fourth-order valence-electron chi connectivity index (χ4n) is 4.65. The molecular weight excluding hydrogens is 685 g/mol. The Hall–Kier alpha value is -3.65. The second-order valence-corrected chi connectivity index (χ2v) is 14.2. The number of thioether (sulfide) groups is 1. The number of nitrogens with one attached hydrogen (secondary N) is 6. The van der Waals surface area contributed by atoms with Crippen molar-refractivity contribution in [3.8, 4) is 0 Å². The molecular formula is C38H66N6O7S. The molecule has 1 rings (SSSR count). The molecule has 7 N–H and O–H groups in total. The largest absolute Gasteiger partial charge is 0.480 e. The average Bonchev–Trinajstić information content (AvgIpc) is 3.11. The number of rotatable bonds is 26. The van der Waals surface area contributed by atoms with Gasteiger partial charge in [-0.25, -0.2) is 9.59 Å². The Morgan fingerprint density at radius 2 is 1.38 bits per heavy atom. The third-order valence-corrected chi connectivity index (χ3v) is 8.62. The van der Waals surface area contributed by atoms with Crippen LogP contribution in [0.3, 0.4) is 0 Å². The molecule has 0 aliphatic carbocycles. The number of hydrogen-bond donors (Lipinski definition) is 7. The maximum absolute atomic E-state index is 12.9. The quantitative estimate of drug-likeness (QED) is 0.0653. The number of carboxylic acid groups (broad SMARTS) is 1. The minimum absolute atomic E-state index is 0.0980. The highest BCUT2D eigenvalue weighted by atomic mass is 32.2. The topological polar surface area (TPSA) is 195 Å². The highest BCUT2D eigenvalue weighted by molar-refractivity contribution is 7.98.